The van der Waals surface area contributed by atoms with Crippen molar-refractivity contribution >= 4 is 11.6 Å². The average Bonchev–Trinajstić information content (AvgIpc) is 2.30. The van der Waals surface area contributed by atoms with Crippen molar-refractivity contribution in [1.29, 1.82) is 0 Å². The molecule has 1 N–H and O–H groups in total. The van der Waals surface area contributed by atoms with E-state index in [0.29, 0.717) is 12.3 Å². The first-order chi connectivity index (χ1) is 8.56. The van der Waals surface area contributed by atoms with E-state index in [2.05, 4.69) is 31.3 Å². The molecule has 3 heteroatoms. The van der Waals surface area contributed by atoms with Crippen LogP contribution in [0.5, 0.6) is 0 Å². The third-order valence-electron chi connectivity index (χ3n) is 2.83. The van der Waals surface area contributed by atoms with E-state index < -0.39 is 0 Å². The zero-order valence-corrected chi connectivity index (χ0v) is 12.6. The van der Waals surface area contributed by atoms with Crippen LogP contribution in [-0.2, 0) is 4.79 Å². The average molecular weight is 254 g/mol. The van der Waals surface area contributed by atoms with Crippen LogP contribution < -0.4 is 5.43 Å². The zero-order valence-electron chi connectivity index (χ0n) is 12.6. The number of carbonyl (C=O) groups excluding carboxylic acids is 1. The molecule has 0 rings (SSSR count). The van der Waals surface area contributed by atoms with Crippen LogP contribution in [0.4, 0.5) is 0 Å². The topological polar surface area (TPSA) is 41.5 Å². The lowest BCUT2D eigenvalue weighted by Gasteiger charge is -2.05. The van der Waals surface area contributed by atoms with Crippen LogP contribution in [0.3, 0.4) is 0 Å². The lowest BCUT2D eigenvalue weighted by atomic mass is 10.1. The number of amides is 1. The molecule has 0 aliphatic heterocycles. The first-order valence-electron chi connectivity index (χ1n) is 7.38. The van der Waals surface area contributed by atoms with Crippen LogP contribution in [-0.4, -0.2) is 11.6 Å². The summed E-state index contributed by atoms with van der Waals surface area (Å²) in [6.45, 7) is 8.48. The van der Waals surface area contributed by atoms with Gasteiger partial charge in [-0.2, -0.15) is 5.10 Å². The van der Waals surface area contributed by atoms with Gasteiger partial charge in [-0.3, -0.25) is 4.79 Å². The first-order valence-corrected chi connectivity index (χ1v) is 7.38. The number of hydrogen-bond donors (Lipinski definition) is 1. The molecule has 0 atom stereocenters. The second kappa shape index (κ2) is 11.2. The zero-order chi connectivity index (χ0) is 13.8. The van der Waals surface area contributed by atoms with Crippen LogP contribution in [0.2, 0.25) is 0 Å². The van der Waals surface area contributed by atoms with Crippen LogP contribution in [0.1, 0.15) is 79.1 Å². The summed E-state index contributed by atoms with van der Waals surface area (Å²) >= 11 is 0. The summed E-state index contributed by atoms with van der Waals surface area (Å²) in [5, 5.41) is 4.11. The monoisotopic (exact) mass is 254 g/mol. The molecule has 3 nitrogen and oxygen atoms in total. The fourth-order valence-corrected chi connectivity index (χ4v) is 1.92. The number of unbranched alkanes of at least 4 members (excludes halogenated alkanes) is 5. The van der Waals surface area contributed by atoms with Gasteiger partial charge in [0.15, 0.2) is 0 Å². The van der Waals surface area contributed by atoms with Crippen LogP contribution in [0, 0.1) is 5.92 Å². The lowest BCUT2D eigenvalue weighted by molar-refractivity contribution is -0.121. The smallest absolute Gasteiger partial charge is 0.240 e. The number of hydrazone groups is 1. The van der Waals surface area contributed by atoms with E-state index >= 15 is 0 Å². The first kappa shape index (κ1) is 17.1. The third kappa shape index (κ3) is 11.6. The largest absolute Gasteiger partial charge is 0.273 e. The summed E-state index contributed by atoms with van der Waals surface area (Å²) in [6, 6.07) is 0. The molecule has 0 aromatic heterocycles. The van der Waals surface area contributed by atoms with Gasteiger partial charge >= 0.3 is 0 Å². The van der Waals surface area contributed by atoms with Gasteiger partial charge in [0.2, 0.25) is 5.91 Å². The molecule has 0 spiro atoms. The number of rotatable bonds is 10. The molecule has 0 unspecified atom stereocenters. The van der Waals surface area contributed by atoms with Gasteiger partial charge in [-0.15, -0.1) is 0 Å². The molecule has 0 bridgehead atoms. The fraction of sp³-hybridized carbons (Fsp3) is 0.867. The molecule has 0 radical (unpaired) electrons. The van der Waals surface area contributed by atoms with Crippen molar-refractivity contribution in [3.63, 3.8) is 0 Å². The molecule has 106 valence electrons. The standard InChI is InChI=1S/C15H30N2O/c1-5-6-7-8-9-10-11-15(18)17-16-14(4)12-13(2)3/h13H,5-12H2,1-4H3,(H,17,18)/b16-14+. The summed E-state index contributed by atoms with van der Waals surface area (Å²) in [5.41, 5.74) is 3.64. The van der Waals surface area contributed by atoms with E-state index in [1.807, 2.05) is 6.92 Å². The van der Waals surface area contributed by atoms with Gasteiger partial charge in [0.05, 0.1) is 0 Å². The quantitative estimate of drug-likeness (QED) is 0.353. The van der Waals surface area contributed by atoms with Gasteiger partial charge in [-0.05, 0) is 25.7 Å². The number of nitrogens with zero attached hydrogens (tertiary/aromatic N) is 1. The Morgan fingerprint density at radius 3 is 2.33 bits per heavy atom. The highest BCUT2D eigenvalue weighted by atomic mass is 16.2. The Hall–Kier alpha value is -0.860. The van der Waals surface area contributed by atoms with Crippen LogP contribution in [0.25, 0.3) is 0 Å². The summed E-state index contributed by atoms with van der Waals surface area (Å²) in [6.07, 6.45) is 8.80. The predicted molar refractivity (Wildman–Crippen MR) is 78.7 cm³/mol. The Bertz CT molecular complexity index is 247. The Kier molecular flexibility index (Phi) is 10.7. The van der Waals surface area contributed by atoms with Gasteiger partial charge in [-0.25, -0.2) is 5.43 Å². The number of hydrogen-bond acceptors (Lipinski definition) is 2. The minimum atomic E-state index is 0.0496. The van der Waals surface area contributed by atoms with Gasteiger partial charge in [0.25, 0.3) is 0 Å². The Morgan fingerprint density at radius 1 is 1.11 bits per heavy atom. The van der Waals surface area contributed by atoms with Gasteiger partial charge in [0, 0.05) is 12.1 Å². The molecular weight excluding hydrogens is 224 g/mol. The minimum Gasteiger partial charge on any atom is -0.273 e. The maximum Gasteiger partial charge on any atom is 0.240 e. The second-order valence-electron chi connectivity index (χ2n) is 5.50. The maximum absolute atomic E-state index is 11.5. The van der Waals surface area contributed by atoms with E-state index in [9.17, 15) is 4.79 Å². The second-order valence-corrected chi connectivity index (χ2v) is 5.50. The lowest BCUT2D eigenvalue weighted by Crippen LogP contribution is -2.18. The van der Waals surface area contributed by atoms with Crippen LogP contribution in [0.15, 0.2) is 5.10 Å². The molecule has 0 aromatic rings. The summed E-state index contributed by atoms with van der Waals surface area (Å²) < 4.78 is 0. The van der Waals surface area contributed by atoms with E-state index in [1.54, 1.807) is 0 Å². The van der Waals surface area contributed by atoms with Gasteiger partial charge in [-0.1, -0.05) is 52.9 Å². The minimum absolute atomic E-state index is 0.0496. The van der Waals surface area contributed by atoms with Crippen molar-refractivity contribution in [2.24, 2.45) is 11.0 Å². The van der Waals surface area contributed by atoms with Crippen molar-refractivity contribution in [3.05, 3.63) is 0 Å². The predicted octanol–water partition coefficient (Wildman–Crippen LogP) is 4.28. The Balaban J connectivity index is 3.53. The molecule has 0 saturated heterocycles. The van der Waals surface area contributed by atoms with Crippen molar-refractivity contribution in [2.45, 2.75) is 79.1 Å². The maximum atomic E-state index is 11.5. The van der Waals surface area contributed by atoms with E-state index in [4.69, 9.17) is 0 Å². The number of nitrogens with one attached hydrogen (secondary N) is 1. The van der Waals surface area contributed by atoms with Crippen LogP contribution >= 0.6 is 0 Å². The molecule has 0 aliphatic rings. The molecule has 18 heavy (non-hydrogen) atoms. The van der Waals surface area contributed by atoms with E-state index in [-0.39, 0.29) is 5.91 Å². The highest BCUT2D eigenvalue weighted by molar-refractivity contribution is 5.84. The molecule has 0 saturated carbocycles. The van der Waals surface area contributed by atoms with Gasteiger partial charge < -0.3 is 0 Å². The molecule has 0 aromatic carbocycles. The van der Waals surface area contributed by atoms with E-state index in [1.165, 1.54) is 25.7 Å². The molecule has 0 heterocycles. The summed E-state index contributed by atoms with van der Waals surface area (Å²) in [7, 11) is 0. The van der Waals surface area contributed by atoms with E-state index in [0.717, 1.165) is 25.0 Å². The highest BCUT2D eigenvalue weighted by Crippen LogP contribution is 2.06. The van der Waals surface area contributed by atoms with Crippen molar-refractivity contribution in [3.8, 4) is 0 Å². The van der Waals surface area contributed by atoms with Crippen molar-refractivity contribution in [2.75, 3.05) is 0 Å². The molecule has 0 aliphatic carbocycles. The fourth-order valence-electron chi connectivity index (χ4n) is 1.92. The normalized spacial score (nSPS) is 11.9. The summed E-state index contributed by atoms with van der Waals surface area (Å²) in [5.74, 6) is 0.637. The number of carbonyl (C=O) groups is 1. The Morgan fingerprint density at radius 2 is 1.72 bits per heavy atom. The Labute approximate surface area is 112 Å². The molecule has 0 fully saturated rings. The molecular formula is C15H30N2O. The molecule has 1 amide bonds. The SMILES string of the molecule is CCCCCCCCC(=O)N/N=C(\C)CC(C)C. The summed E-state index contributed by atoms with van der Waals surface area (Å²) in [4.78, 5) is 11.5. The third-order valence-corrected chi connectivity index (χ3v) is 2.83. The highest BCUT2D eigenvalue weighted by Gasteiger charge is 2.01. The van der Waals surface area contributed by atoms with Gasteiger partial charge in [0.1, 0.15) is 0 Å². The van der Waals surface area contributed by atoms with Crippen molar-refractivity contribution in [1.82, 2.24) is 5.43 Å². The van der Waals surface area contributed by atoms with Crippen molar-refractivity contribution < 1.29 is 4.79 Å².